The summed E-state index contributed by atoms with van der Waals surface area (Å²) in [6.45, 7) is 5.05. The van der Waals surface area contributed by atoms with E-state index in [0.29, 0.717) is 17.9 Å². The third kappa shape index (κ3) is 5.81. The van der Waals surface area contributed by atoms with Gasteiger partial charge in [0.05, 0.1) is 40.6 Å². The van der Waals surface area contributed by atoms with Crippen LogP contribution in [0.5, 0.6) is 0 Å². The predicted molar refractivity (Wildman–Crippen MR) is 146 cm³/mol. The molecule has 196 valence electrons. The van der Waals surface area contributed by atoms with E-state index in [9.17, 15) is 13.2 Å². The zero-order valence-electron chi connectivity index (χ0n) is 21.3. The van der Waals surface area contributed by atoms with E-state index >= 15 is 0 Å². The van der Waals surface area contributed by atoms with Gasteiger partial charge in [-0.2, -0.15) is 0 Å². The van der Waals surface area contributed by atoms with Crippen molar-refractivity contribution in [1.29, 1.82) is 0 Å². The Balaban J connectivity index is 1.34. The highest BCUT2D eigenvalue weighted by Crippen LogP contribution is 2.23. The normalized spacial score (nSPS) is 14.3. The van der Waals surface area contributed by atoms with Crippen molar-refractivity contribution < 1.29 is 17.9 Å². The molecule has 9 nitrogen and oxygen atoms in total. The lowest BCUT2D eigenvalue weighted by Gasteiger charge is -2.21. The Bertz CT molecular complexity index is 1600. The van der Waals surface area contributed by atoms with E-state index in [-0.39, 0.29) is 22.9 Å². The highest BCUT2D eigenvalue weighted by molar-refractivity contribution is 7.90. The summed E-state index contributed by atoms with van der Waals surface area (Å²) in [6, 6.07) is 16.3. The van der Waals surface area contributed by atoms with Crippen LogP contribution in [0.4, 0.5) is 5.82 Å². The van der Waals surface area contributed by atoms with E-state index < -0.39 is 9.84 Å². The Hall–Kier alpha value is -3.89. The molecule has 0 radical (unpaired) electrons. The molecule has 0 aliphatic carbocycles. The van der Waals surface area contributed by atoms with E-state index in [4.69, 9.17) is 14.7 Å². The summed E-state index contributed by atoms with van der Waals surface area (Å²) < 4.78 is 29.6. The first-order chi connectivity index (χ1) is 18.3. The number of rotatable bonds is 6. The van der Waals surface area contributed by atoms with Crippen molar-refractivity contribution in [2.75, 3.05) is 37.5 Å². The third-order valence-corrected chi connectivity index (χ3v) is 7.69. The van der Waals surface area contributed by atoms with Crippen LogP contribution in [-0.2, 0) is 21.1 Å². The first kappa shape index (κ1) is 25.7. The lowest BCUT2D eigenvalue weighted by molar-refractivity contribution is 0.0950. The highest BCUT2D eigenvalue weighted by atomic mass is 32.2. The van der Waals surface area contributed by atoms with Crippen molar-refractivity contribution in [3.63, 3.8) is 0 Å². The average Bonchev–Trinajstić information content (AvgIpc) is 3.21. The lowest BCUT2D eigenvalue weighted by Crippen LogP contribution is -2.26. The molecule has 0 unspecified atom stereocenters. The molecule has 1 aliphatic rings. The lowest BCUT2D eigenvalue weighted by atomic mass is 10.1. The fourth-order valence-electron chi connectivity index (χ4n) is 4.43. The van der Waals surface area contributed by atoms with Crippen LogP contribution in [0, 0.1) is 6.92 Å². The van der Waals surface area contributed by atoms with Gasteiger partial charge < -0.3 is 15.0 Å². The number of carbonyl (C=O) groups excluding carboxylic acids is 1. The van der Waals surface area contributed by atoms with E-state index in [1.165, 1.54) is 6.07 Å². The Kier molecular flexibility index (Phi) is 7.35. The first-order valence-corrected chi connectivity index (χ1v) is 14.3. The summed E-state index contributed by atoms with van der Waals surface area (Å²) in [7, 11) is -3.43. The van der Waals surface area contributed by atoms with Crippen molar-refractivity contribution in [3.05, 3.63) is 77.6 Å². The Morgan fingerprint density at radius 2 is 1.87 bits per heavy atom. The minimum Gasteiger partial charge on any atom is -0.380 e. The fourth-order valence-corrected chi connectivity index (χ4v) is 5.42. The maximum atomic E-state index is 12.7. The van der Waals surface area contributed by atoms with Crippen LogP contribution >= 0.6 is 0 Å². The molecular weight excluding hydrogens is 502 g/mol. The van der Waals surface area contributed by atoms with Crippen LogP contribution in [0.25, 0.3) is 22.3 Å². The summed E-state index contributed by atoms with van der Waals surface area (Å²) in [4.78, 5) is 29.2. The monoisotopic (exact) mass is 531 g/mol. The van der Waals surface area contributed by atoms with E-state index in [2.05, 4.69) is 15.2 Å². The summed E-state index contributed by atoms with van der Waals surface area (Å²) in [6.07, 6.45) is 3.82. The first-order valence-electron chi connectivity index (χ1n) is 12.4. The number of hydrogen-bond donors (Lipinski definition) is 1. The maximum Gasteiger partial charge on any atom is 0.251 e. The number of aryl methyl sites for hydroxylation is 1. The number of carbonyl (C=O) groups is 1. The average molecular weight is 532 g/mol. The molecule has 4 heterocycles. The summed E-state index contributed by atoms with van der Waals surface area (Å²) in [5, 5.41) is 3.70. The molecule has 1 N–H and O–H groups in total. The molecular formula is C28H29N5O4S. The van der Waals surface area contributed by atoms with Crippen LogP contribution in [0.2, 0.25) is 0 Å². The second-order valence-electron chi connectivity index (χ2n) is 9.33. The van der Waals surface area contributed by atoms with Gasteiger partial charge in [-0.25, -0.2) is 18.4 Å². The number of pyridine rings is 3. The Morgan fingerprint density at radius 1 is 1.03 bits per heavy atom. The number of hydrogen-bond acceptors (Lipinski definition) is 8. The topological polar surface area (TPSA) is 114 Å². The number of ether oxygens (including phenoxy) is 1. The van der Waals surface area contributed by atoms with Crippen LogP contribution < -0.4 is 10.2 Å². The summed E-state index contributed by atoms with van der Waals surface area (Å²) in [5.41, 5.74) is 3.78. The van der Waals surface area contributed by atoms with Gasteiger partial charge >= 0.3 is 0 Å². The van der Waals surface area contributed by atoms with E-state index in [1.54, 1.807) is 25.3 Å². The van der Waals surface area contributed by atoms with Crippen molar-refractivity contribution in [2.45, 2.75) is 24.8 Å². The van der Waals surface area contributed by atoms with E-state index in [0.717, 1.165) is 60.5 Å². The molecule has 1 saturated heterocycles. The number of aromatic nitrogens is 3. The van der Waals surface area contributed by atoms with Crippen LogP contribution in [0.3, 0.4) is 0 Å². The van der Waals surface area contributed by atoms with Gasteiger partial charge in [-0.15, -0.1) is 0 Å². The molecule has 1 amide bonds. The second kappa shape index (κ2) is 10.8. The van der Waals surface area contributed by atoms with Crippen LogP contribution in [-0.4, -0.2) is 61.8 Å². The zero-order chi connectivity index (χ0) is 26.7. The Labute approximate surface area is 221 Å². The van der Waals surface area contributed by atoms with Gasteiger partial charge in [-0.3, -0.25) is 9.78 Å². The van der Waals surface area contributed by atoms with Gasteiger partial charge in [-0.1, -0.05) is 12.1 Å². The molecule has 3 aromatic heterocycles. The number of nitrogens with zero attached hydrogens (tertiary/aromatic N) is 4. The summed E-state index contributed by atoms with van der Waals surface area (Å²) in [5.74, 6) is 0.529. The molecule has 10 heteroatoms. The number of benzene rings is 1. The van der Waals surface area contributed by atoms with E-state index in [1.807, 2.05) is 36.4 Å². The minimum absolute atomic E-state index is 0.146. The third-order valence-electron chi connectivity index (χ3n) is 6.45. The van der Waals surface area contributed by atoms with Gasteiger partial charge in [0.1, 0.15) is 5.82 Å². The van der Waals surface area contributed by atoms with Gasteiger partial charge in [0.2, 0.25) is 0 Å². The Morgan fingerprint density at radius 3 is 2.71 bits per heavy atom. The molecule has 0 bridgehead atoms. The quantitative estimate of drug-likeness (QED) is 0.402. The fraction of sp³-hybridized carbons (Fsp3) is 0.286. The van der Waals surface area contributed by atoms with Crippen molar-refractivity contribution in [3.8, 4) is 11.4 Å². The van der Waals surface area contributed by atoms with Gasteiger partial charge in [0, 0.05) is 43.1 Å². The number of anilines is 1. The molecule has 5 rings (SSSR count). The SMILES string of the molecule is Cc1ccc(C(=O)NCc2cc3nc(-c4cccc(N5CCCOCC5)n4)ccc3cn2)cc1S(C)(=O)=O. The second-order valence-corrected chi connectivity index (χ2v) is 11.3. The molecule has 0 spiro atoms. The number of nitrogens with one attached hydrogen (secondary N) is 1. The molecule has 0 saturated carbocycles. The van der Waals surface area contributed by atoms with Crippen LogP contribution in [0.1, 0.15) is 28.0 Å². The minimum atomic E-state index is -3.43. The molecule has 1 aliphatic heterocycles. The molecule has 0 atom stereocenters. The number of amides is 1. The smallest absolute Gasteiger partial charge is 0.251 e. The van der Waals surface area contributed by atoms with Gasteiger partial charge in [0.15, 0.2) is 9.84 Å². The maximum absolute atomic E-state index is 12.7. The molecule has 1 aromatic carbocycles. The van der Waals surface area contributed by atoms with Crippen molar-refractivity contribution in [2.24, 2.45) is 0 Å². The van der Waals surface area contributed by atoms with Crippen molar-refractivity contribution >= 4 is 32.5 Å². The van der Waals surface area contributed by atoms with Crippen molar-refractivity contribution in [1.82, 2.24) is 20.3 Å². The molecule has 4 aromatic rings. The standard InChI is InChI=1S/C28H29N5O4S/c1-19-7-8-20(15-26(19)38(2,35)36)28(34)30-18-22-16-25-21(17-29-22)9-10-24(31-25)23-5-3-6-27(32-23)33-11-4-13-37-14-12-33/h3,5-10,15-17H,4,11-14,18H2,1-2H3,(H,30,34). The predicted octanol–water partition coefficient (Wildman–Crippen LogP) is 3.56. The highest BCUT2D eigenvalue weighted by Gasteiger charge is 2.16. The van der Waals surface area contributed by atoms with Crippen LogP contribution in [0.15, 0.2) is 65.7 Å². The molecule has 1 fully saturated rings. The van der Waals surface area contributed by atoms with Gasteiger partial charge in [-0.05, 0) is 61.4 Å². The molecule has 38 heavy (non-hydrogen) atoms. The number of sulfone groups is 1. The largest absolute Gasteiger partial charge is 0.380 e. The van der Waals surface area contributed by atoms with Gasteiger partial charge in [0.25, 0.3) is 5.91 Å². The number of fused-ring (bicyclic) bond motifs is 1. The summed E-state index contributed by atoms with van der Waals surface area (Å²) >= 11 is 0. The zero-order valence-corrected chi connectivity index (χ0v) is 22.2.